The maximum atomic E-state index is 13.1. The molecule has 0 spiro atoms. The second kappa shape index (κ2) is 6.05. The molecule has 3 nitrogen and oxygen atoms in total. The molecule has 1 amide bonds. The molecule has 1 unspecified atom stereocenters. The van der Waals surface area contributed by atoms with Crippen molar-refractivity contribution in [3.8, 4) is 5.75 Å². The molecule has 0 aromatic heterocycles. The van der Waals surface area contributed by atoms with E-state index < -0.39 is 0 Å². The van der Waals surface area contributed by atoms with Crippen molar-refractivity contribution in [2.45, 2.75) is 13.0 Å². The van der Waals surface area contributed by atoms with E-state index >= 15 is 0 Å². The fourth-order valence-electron chi connectivity index (χ4n) is 1.79. The summed E-state index contributed by atoms with van der Waals surface area (Å²) in [5, 5.41) is 12.3. The van der Waals surface area contributed by atoms with Gasteiger partial charge in [-0.2, -0.15) is 0 Å². The van der Waals surface area contributed by atoms with E-state index in [-0.39, 0.29) is 23.5 Å². The standard InChI is InChI=1S/C15H13BrFNO2/c1-9(10-3-2-4-12(17)7-10)18-15(20)11-5-6-13(16)14(19)8-11/h2-9,19H,1H3,(H,18,20). The fraction of sp³-hybridized carbons (Fsp3) is 0.133. The first-order chi connectivity index (χ1) is 9.47. The molecule has 0 bridgehead atoms. The predicted molar refractivity (Wildman–Crippen MR) is 78.1 cm³/mol. The predicted octanol–water partition coefficient (Wildman–Crippen LogP) is 3.78. The zero-order chi connectivity index (χ0) is 14.7. The van der Waals surface area contributed by atoms with Gasteiger partial charge < -0.3 is 10.4 Å². The summed E-state index contributed by atoms with van der Waals surface area (Å²) in [5.41, 5.74) is 1.02. The smallest absolute Gasteiger partial charge is 0.251 e. The summed E-state index contributed by atoms with van der Waals surface area (Å²) in [6.45, 7) is 1.77. The van der Waals surface area contributed by atoms with Crippen LogP contribution in [0.4, 0.5) is 4.39 Å². The van der Waals surface area contributed by atoms with Gasteiger partial charge >= 0.3 is 0 Å². The molecule has 0 aliphatic heterocycles. The third-order valence-electron chi connectivity index (χ3n) is 2.90. The van der Waals surface area contributed by atoms with Crippen LogP contribution in [0.1, 0.15) is 28.9 Å². The summed E-state index contributed by atoms with van der Waals surface area (Å²) in [4.78, 5) is 12.0. The first-order valence-corrected chi connectivity index (χ1v) is 6.81. The van der Waals surface area contributed by atoms with Gasteiger partial charge in [0.1, 0.15) is 11.6 Å². The van der Waals surface area contributed by atoms with Crippen molar-refractivity contribution in [1.29, 1.82) is 0 Å². The number of halogens is 2. The molecule has 0 saturated heterocycles. The van der Waals surface area contributed by atoms with Gasteiger partial charge in [-0.05, 0) is 58.7 Å². The minimum atomic E-state index is -0.343. The molecule has 0 heterocycles. The lowest BCUT2D eigenvalue weighted by molar-refractivity contribution is 0.0939. The number of nitrogens with one attached hydrogen (secondary N) is 1. The number of phenolic OH excluding ortho intramolecular Hbond substituents is 1. The number of rotatable bonds is 3. The Morgan fingerprint density at radius 1 is 1.30 bits per heavy atom. The summed E-state index contributed by atoms with van der Waals surface area (Å²) < 4.78 is 13.7. The Morgan fingerprint density at radius 3 is 2.70 bits per heavy atom. The number of carbonyl (C=O) groups excluding carboxylic acids is 1. The van der Waals surface area contributed by atoms with Crippen LogP contribution in [0.3, 0.4) is 0 Å². The summed E-state index contributed by atoms with van der Waals surface area (Å²) in [6, 6.07) is 10.3. The van der Waals surface area contributed by atoms with Crippen LogP contribution in [-0.4, -0.2) is 11.0 Å². The normalized spacial score (nSPS) is 11.9. The molecule has 2 aromatic rings. The van der Waals surface area contributed by atoms with Gasteiger partial charge in [-0.3, -0.25) is 4.79 Å². The van der Waals surface area contributed by atoms with Crippen molar-refractivity contribution >= 4 is 21.8 Å². The molecule has 0 radical (unpaired) electrons. The molecule has 2 aromatic carbocycles. The number of aromatic hydroxyl groups is 1. The fourth-order valence-corrected chi connectivity index (χ4v) is 2.04. The molecular formula is C15H13BrFNO2. The summed E-state index contributed by atoms with van der Waals surface area (Å²) in [7, 11) is 0. The number of amides is 1. The minimum Gasteiger partial charge on any atom is -0.507 e. The van der Waals surface area contributed by atoms with Crippen molar-refractivity contribution in [2.24, 2.45) is 0 Å². The van der Waals surface area contributed by atoms with Gasteiger partial charge in [0.25, 0.3) is 5.91 Å². The van der Waals surface area contributed by atoms with Crippen LogP contribution in [-0.2, 0) is 0 Å². The topological polar surface area (TPSA) is 49.3 Å². The van der Waals surface area contributed by atoms with Crippen LogP contribution >= 0.6 is 15.9 Å². The monoisotopic (exact) mass is 337 g/mol. The lowest BCUT2D eigenvalue weighted by Crippen LogP contribution is -2.26. The van der Waals surface area contributed by atoms with E-state index in [1.54, 1.807) is 31.2 Å². The Morgan fingerprint density at radius 2 is 2.05 bits per heavy atom. The largest absolute Gasteiger partial charge is 0.507 e. The maximum Gasteiger partial charge on any atom is 0.251 e. The van der Waals surface area contributed by atoms with Gasteiger partial charge in [0, 0.05) is 5.56 Å². The third-order valence-corrected chi connectivity index (χ3v) is 3.58. The first-order valence-electron chi connectivity index (χ1n) is 6.02. The lowest BCUT2D eigenvalue weighted by Gasteiger charge is -2.14. The highest BCUT2D eigenvalue weighted by Crippen LogP contribution is 2.24. The highest BCUT2D eigenvalue weighted by atomic mass is 79.9. The third kappa shape index (κ3) is 3.36. The second-order valence-electron chi connectivity index (χ2n) is 4.42. The lowest BCUT2D eigenvalue weighted by atomic mass is 10.1. The van der Waals surface area contributed by atoms with Crippen LogP contribution in [0.25, 0.3) is 0 Å². The quantitative estimate of drug-likeness (QED) is 0.895. The molecule has 0 aliphatic carbocycles. The van der Waals surface area contributed by atoms with E-state index in [1.807, 2.05) is 0 Å². The molecule has 104 valence electrons. The van der Waals surface area contributed by atoms with Crippen LogP contribution in [0.2, 0.25) is 0 Å². The van der Waals surface area contributed by atoms with E-state index in [2.05, 4.69) is 21.2 Å². The second-order valence-corrected chi connectivity index (χ2v) is 5.27. The zero-order valence-electron chi connectivity index (χ0n) is 10.7. The molecule has 5 heteroatoms. The minimum absolute atomic E-state index is 0.00365. The maximum absolute atomic E-state index is 13.1. The first kappa shape index (κ1) is 14.5. The SMILES string of the molecule is CC(NC(=O)c1ccc(Br)c(O)c1)c1cccc(F)c1. The molecule has 0 saturated carbocycles. The average Bonchev–Trinajstić information content (AvgIpc) is 2.41. The summed E-state index contributed by atoms with van der Waals surface area (Å²) >= 11 is 3.15. The van der Waals surface area contributed by atoms with Crippen molar-refractivity contribution in [3.63, 3.8) is 0 Å². The van der Waals surface area contributed by atoms with Crippen molar-refractivity contribution in [1.82, 2.24) is 5.32 Å². The highest BCUT2D eigenvalue weighted by molar-refractivity contribution is 9.10. The van der Waals surface area contributed by atoms with Gasteiger partial charge in [-0.25, -0.2) is 4.39 Å². The Labute approximate surface area is 124 Å². The van der Waals surface area contributed by atoms with E-state index in [1.165, 1.54) is 18.2 Å². The van der Waals surface area contributed by atoms with Crippen LogP contribution in [0.5, 0.6) is 5.75 Å². The van der Waals surface area contributed by atoms with E-state index in [9.17, 15) is 14.3 Å². The Kier molecular flexibility index (Phi) is 4.39. The summed E-state index contributed by atoms with van der Waals surface area (Å²) in [6.07, 6.45) is 0. The van der Waals surface area contributed by atoms with Gasteiger partial charge in [0.2, 0.25) is 0 Å². The van der Waals surface area contributed by atoms with Crippen LogP contribution < -0.4 is 5.32 Å². The van der Waals surface area contributed by atoms with Gasteiger partial charge in [0.15, 0.2) is 0 Å². The highest BCUT2D eigenvalue weighted by Gasteiger charge is 2.13. The molecule has 0 fully saturated rings. The molecule has 0 aliphatic rings. The molecule has 20 heavy (non-hydrogen) atoms. The number of phenols is 1. The van der Waals surface area contributed by atoms with Crippen LogP contribution in [0, 0.1) is 5.82 Å². The van der Waals surface area contributed by atoms with Gasteiger partial charge in [0.05, 0.1) is 10.5 Å². The molecular weight excluding hydrogens is 325 g/mol. The number of carbonyl (C=O) groups is 1. The van der Waals surface area contributed by atoms with E-state index in [4.69, 9.17) is 0 Å². The van der Waals surface area contributed by atoms with Gasteiger partial charge in [-0.1, -0.05) is 12.1 Å². The summed E-state index contributed by atoms with van der Waals surface area (Å²) in [5.74, 6) is -0.675. The van der Waals surface area contributed by atoms with Crippen molar-refractivity contribution < 1.29 is 14.3 Å². The molecule has 2 N–H and O–H groups in total. The number of benzene rings is 2. The van der Waals surface area contributed by atoms with Crippen molar-refractivity contribution in [3.05, 3.63) is 63.9 Å². The number of hydrogen-bond donors (Lipinski definition) is 2. The van der Waals surface area contributed by atoms with E-state index in [0.29, 0.717) is 15.6 Å². The number of hydrogen-bond acceptors (Lipinski definition) is 2. The van der Waals surface area contributed by atoms with Crippen molar-refractivity contribution in [2.75, 3.05) is 0 Å². The zero-order valence-corrected chi connectivity index (χ0v) is 12.3. The Bertz CT molecular complexity index is 646. The molecule has 2 rings (SSSR count). The average molecular weight is 338 g/mol. The molecule has 1 atom stereocenters. The van der Waals surface area contributed by atoms with E-state index in [0.717, 1.165) is 0 Å². The van der Waals surface area contributed by atoms with Crippen LogP contribution in [0.15, 0.2) is 46.9 Å². The Balaban J connectivity index is 2.13. The Hall–Kier alpha value is -1.88. The van der Waals surface area contributed by atoms with Gasteiger partial charge in [-0.15, -0.1) is 0 Å².